The molecule has 4 nitrogen and oxygen atoms in total. The number of carbonyl (C=O) groups is 1. The molecule has 0 saturated carbocycles. The number of esters is 1. The van der Waals surface area contributed by atoms with Crippen LogP contribution in [-0.4, -0.2) is 32.1 Å². The molecule has 1 atom stereocenters. The van der Waals surface area contributed by atoms with Crippen molar-refractivity contribution in [1.29, 1.82) is 0 Å². The summed E-state index contributed by atoms with van der Waals surface area (Å²) >= 11 is 0. The fourth-order valence-corrected chi connectivity index (χ4v) is 1.21. The van der Waals surface area contributed by atoms with Crippen molar-refractivity contribution in [3.8, 4) is 0 Å². The van der Waals surface area contributed by atoms with Crippen molar-refractivity contribution in [1.82, 2.24) is 0 Å². The van der Waals surface area contributed by atoms with Gasteiger partial charge in [0.15, 0.2) is 6.29 Å². The zero-order valence-corrected chi connectivity index (χ0v) is 9.95. The van der Waals surface area contributed by atoms with Crippen molar-refractivity contribution in [3.63, 3.8) is 0 Å². The Hall–Kier alpha value is -0.610. The maximum atomic E-state index is 10.9. The Bertz CT molecular complexity index is 153. The first-order valence-corrected chi connectivity index (χ1v) is 5.71. The minimum Gasteiger partial charge on any atom is -0.464 e. The highest BCUT2D eigenvalue weighted by molar-refractivity contribution is 5.70. The third kappa shape index (κ3) is 7.33. The smallest absolute Gasteiger partial charge is 0.332 e. The van der Waals surface area contributed by atoms with Gasteiger partial charge in [0.05, 0.1) is 6.61 Å². The van der Waals surface area contributed by atoms with E-state index in [0.717, 1.165) is 25.9 Å². The minimum atomic E-state index is -0.323. The van der Waals surface area contributed by atoms with E-state index >= 15 is 0 Å². The zero-order valence-electron chi connectivity index (χ0n) is 9.95. The van der Waals surface area contributed by atoms with Gasteiger partial charge in [0, 0.05) is 6.61 Å². The van der Waals surface area contributed by atoms with Gasteiger partial charge in [-0.1, -0.05) is 13.8 Å². The minimum absolute atomic E-state index is 0.00148. The molecule has 0 N–H and O–H groups in total. The number of hydrogen-bond acceptors (Lipinski definition) is 4. The van der Waals surface area contributed by atoms with Gasteiger partial charge in [-0.15, -0.1) is 0 Å². The molecule has 1 heterocycles. The second-order valence-electron chi connectivity index (χ2n) is 2.91. The first kappa shape index (κ1) is 14.4. The van der Waals surface area contributed by atoms with Gasteiger partial charge in [-0.2, -0.15) is 0 Å². The van der Waals surface area contributed by atoms with Crippen LogP contribution in [0.3, 0.4) is 0 Å². The van der Waals surface area contributed by atoms with Crippen molar-refractivity contribution in [2.45, 2.75) is 46.3 Å². The molecule has 0 spiro atoms. The maximum absolute atomic E-state index is 10.9. The molecular formula is C11H22O4. The normalized spacial score (nSPS) is 20.1. The van der Waals surface area contributed by atoms with Gasteiger partial charge in [-0.3, -0.25) is 0 Å². The molecule has 4 heteroatoms. The van der Waals surface area contributed by atoms with Crippen LogP contribution in [0.1, 0.15) is 40.0 Å². The molecule has 0 aromatic rings. The number of ether oxygens (including phenoxy) is 3. The first-order valence-electron chi connectivity index (χ1n) is 5.71. The Morgan fingerprint density at radius 3 is 2.67 bits per heavy atom. The lowest BCUT2D eigenvalue weighted by Gasteiger charge is -2.22. The lowest BCUT2D eigenvalue weighted by Crippen LogP contribution is -2.25. The van der Waals surface area contributed by atoms with Crippen molar-refractivity contribution >= 4 is 5.97 Å². The fourth-order valence-electron chi connectivity index (χ4n) is 1.21. The van der Waals surface area contributed by atoms with Gasteiger partial charge >= 0.3 is 5.97 Å². The Labute approximate surface area is 91.9 Å². The monoisotopic (exact) mass is 218 g/mol. The molecule has 0 amide bonds. The average molecular weight is 218 g/mol. The van der Waals surface area contributed by atoms with Crippen LogP contribution in [0.25, 0.3) is 0 Å². The number of carbonyl (C=O) groups excluding carboxylic acids is 1. The van der Waals surface area contributed by atoms with E-state index in [1.807, 2.05) is 13.8 Å². The van der Waals surface area contributed by atoms with Crippen LogP contribution in [-0.2, 0) is 19.0 Å². The second kappa shape index (κ2) is 9.93. The third-order valence-electron chi connectivity index (χ3n) is 1.83. The van der Waals surface area contributed by atoms with Crippen LogP contribution in [0.5, 0.6) is 0 Å². The summed E-state index contributed by atoms with van der Waals surface area (Å²) in [6.45, 7) is 6.90. The van der Waals surface area contributed by atoms with E-state index in [2.05, 4.69) is 0 Å². The summed E-state index contributed by atoms with van der Waals surface area (Å²) in [6, 6.07) is 0. The molecule has 1 aliphatic rings. The van der Waals surface area contributed by atoms with Crippen molar-refractivity contribution in [2.24, 2.45) is 0 Å². The summed E-state index contributed by atoms with van der Waals surface area (Å²) in [6.07, 6.45) is 2.85. The Morgan fingerprint density at radius 2 is 2.13 bits per heavy atom. The summed E-state index contributed by atoms with van der Waals surface area (Å²) in [4.78, 5) is 10.9. The van der Waals surface area contributed by atoms with Crippen molar-refractivity contribution < 1.29 is 19.0 Å². The lowest BCUT2D eigenvalue weighted by atomic mass is 10.2. The first-order chi connectivity index (χ1) is 7.33. The number of rotatable bonds is 4. The highest BCUT2D eigenvalue weighted by atomic mass is 16.7. The Balaban J connectivity index is 0.000000921. The van der Waals surface area contributed by atoms with Crippen molar-refractivity contribution in [3.05, 3.63) is 0 Å². The maximum Gasteiger partial charge on any atom is 0.332 e. The van der Waals surface area contributed by atoms with Crippen LogP contribution in [0, 0.1) is 0 Å². The number of hydrogen-bond donors (Lipinski definition) is 0. The van der Waals surface area contributed by atoms with Crippen LogP contribution < -0.4 is 0 Å². The summed E-state index contributed by atoms with van der Waals surface area (Å²) in [5.74, 6) is -0.323. The van der Waals surface area contributed by atoms with E-state index < -0.39 is 0 Å². The molecule has 1 unspecified atom stereocenters. The van der Waals surface area contributed by atoms with E-state index in [1.54, 1.807) is 6.92 Å². The van der Waals surface area contributed by atoms with Crippen LogP contribution in [0.15, 0.2) is 0 Å². The third-order valence-corrected chi connectivity index (χ3v) is 1.83. The summed E-state index contributed by atoms with van der Waals surface area (Å²) in [5, 5.41) is 0. The van der Waals surface area contributed by atoms with E-state index in [9.17, 15) is 4.79 Å². The molecule has 0 bridgehead atoms. The van der Waals surface area contributed by atoms with E-state index in [0.29, 0.717) is 6.61 Å². The average Bonchev–Trinajstić information content (AvgIpc) is 2.31. The topological polar surface area (TPSA) is 44.8 Å². The highest BCUT2D eigenvalue weighted by Crippen LogP contribution is 2.13. The Morgan fingerprint density at radius 1 is 1.40 bits per heavy atom. The molecule has 1 fully saturated rings. The molecule has 0 aromatic carbocycles. The summed E-state index contributed by atoms with van der Waals surface area (Å²) < 4.78 is 15.2. The summed E-state index contributed by atoms with van der Waals surface area (Å²) in [5.41, 5.74) is 0. The van der Waals surface area contributed by atoms with E-state index in [-0.39, 0.29) is 18.9 Å². The van der Waals surface area contributed by atoms with Crippen LogP contribution in [0.2, 0.25) is 0 Å². The van der Waals surface area contributed by atoms with Gasteiger partial charge in [0.25, 0.3) is 0 Å². The van der Waals surface area contributed by atoms with Gasteiger partial charge in [-0.25, -0.2) is 4.79 Å². The van der Waals surface area contributed by atoms with Gasteiger partial charge in [0.2, 0.25) is 0 Å². The summed E-state index contributed by atoms with van der Waals surface area (Å²) in [7, 11) is 0. The van der Waals surface area contributed by atoms with E-state index in [1.165, 1.54) is 0 Å². The van der Waals surface area contributed by atoms with Crippen LogP contribution in [0.4, 0.5) is 0 Å². The predicted molar refractivity (Wildman–Crippen MR) is 57.5 cm³/mol. The molecule has 1 rings (SSSR count). The fraction of sp³-hybridized carbons (Fsp3) is 0.909. The van der Waals surface area contributed by atoms with Gasteiger partial charge in [-0.05, 0) is 26.2 Å². The van der Waals surface area contributed by atoms with Crippen molar-refractivity contribution in [2.75, 3.05) is 19.8 Å². The largest absolute Gasteiger partial charge is 0.464 e. The molecule has 0 aliphatic carbocycles. The van der Waals surface area contributed by atoms with Crippen LogP contribution >= 0.6 is 0 Å². The molecule has 1 aliphatic heterocycles. The molecule has 0 aromatic heterocycles. The molecular weight excluding hydrogens is 196 g/mol. The predicted octanol–water partition coefficient (Wildman–Crippen LogP) is 2.12. The standard InChI is InChI=1S/C9H16O4.C2H6/c1-2-11-8(10)7-13-9-5-3-4-6-12-9;1-2/h9H,2-7H2,1H3;1-2H3. The molecule has 1 saturated heterocycles. The molecule has 15 heavy (non-hydrogen) atoms. The SMILES string of the molecule is CC.CCOC(=O)COC1CCCCO1. The second-order valence-corrected chi connectivity index (χ2v) is 2.91. The molecule has 90 valence electrons. The highest BCUT2D eigenvalue weighted by Gasteiger charge is 2.15. The van der Waals surface area contributed by atoms with E-state index in [4.69, 9.17) is 14.2 Å². The Kier molecular flexibility index (Phi) is 9.52. The quantitative estimate of drug-likeness (QED) is 0.678. The van der Waals surface area contributed by atoms with Gasteiger partial charge < -0.3 is 14.2 Å². The lowest BCUT2D eigenvalue weighted by molar-refractivity contribution is -0.181. The zero-order chi connectivity index (χ0) is 11.5. The molecule has 0 radical (unpaired) electrons. The van der Waals surface area contributed by atoms with Gasteiger partial charge in [0.1, 0.15) is 6.61 Å².